The van der Waals surface area contributed by atoms with Crippen molar-refractivity contribution in [3.8, 4) is 0 Å². The van der Waals surface area contributed by atoms with E-state index in [0.717, 1.165) is 16.7 Å². The van der Waals surface area contributed by atoms with Crippen LogP contribution in [0.25, 0.3) is 17.2 Å². The van der Waals surface area contributed by atoms with Gasteiger partial charge >= 0.3 is 0 Å². The van der Waals surface area contributed by atoms with Crippen LogP contribution in [0.1, 0.15) is 50.7 Å². The minimum atomic E-state index is -0.0260. The van der Waals surface area contributed by atoms with E-state index in [0.29, 0.717) is 11.8 Å². The Morgan fingerprint density at radius 2 is 1.70 bits per heavy atom. The van der Waals surface area contributed by atoms with Crippen molar-refractivity contribution in [3.05, 3.63) is 66.5 Å². The van der Waals surface area contributed by atoms with Gasteiger partial charge in [-0.05, 0) is 35.1 Å². The molecule has 0 aliphatic rings. The van der Waals surface area contributed by atoms with Crippen LogP contribution in [0.5, 0.6) is 0 Å². The third kappa shape index (κ3) is 3.80. The number of aromatic nitrogens is 2. The summed E-state index contributed by atoms with van der Waals surface area (Å²) in [4.78, 5) is 12.9. The second-order valence-electron chi connectivity index (χ2n) is 7.49. The van der Waals surface area contributed by atoms with Gasteiger partial charge in [0.15, 0.2) is 17.6 Å². The van der Waals surface area contributed by atoms with Gasteiger partial charge in [0.05, 0.1) is 6.20 Å². The van der Waals surface area contributed by atoms with Crippen LogP contribution in [0, 0.1) is 0 Å². The lowest BCUT2D eigenvalue weighted by molar-refractivity contribution is -0.658. The summed E-state index contributed by atoms with van der Waals surface area (Å²) in [7, 11) is 0. The fraction of sp³-hybridized carbons (Fsp3) is 0.304. The first-order valence-corrected chi connectivity index (χ1v) is 9.46. The summed E-state index contributed by atoms with van der Waals surface area (Å²) < 4.78 is 3.89. The zero-order valence-corrected chi connectivity index (χ0v) is 16.6. The van der Waals surface area contributed by atoms with E-state index in [4.69, 9.17) is 0 Å². The number of nitrogens with zero attached hydrogens (tertiary/aromatic N) is 2. The van der Waals surface area contributed by atoms with E-state index in [1.54, 1.807) is 6.20 Å². The molecule has 0 fully saturated rings. The SMILES string of the molecule is C=Cn1c[n+](CC(=O)Nc2c(C(C)C)cccc2C(C)C)c2ccccc21. The van der Waals surface area contributed by atoms with Crippen molar-refractivity contribution in [2.45, 2.75) is 46.1 Å². The largest absolute Gasteiger partial charge is 0.322 e. The van der Waals surface area contributed by atoms with Crippen molar-refractivity contribution in [1.29, 1.82) is 0 Å². The quantitative estimate of drug-likeness (QED) is 0.621. The molecule has 0 atom stereocenters. The van der Waals surface area contributed by atoms with E-state index in [1.807, 2.05) is 39.7 Å². The number of anilines is 1. The van der Waals surface area contributed by atoms with Gasteiger partial charge in [0.2, 0.25) is 6.33 Å². The molecule has 2 aromatic carbocycles. The number of amides is 1. The highest BCUT2D eigenvalue weighted by Crippen LogP contribution is 2.32. The maximum Gasteiger partial charge on any atom is 0.266 e. The van der Waals surface area contributed by atoms with Crippen molar-refractivity contribution < 1.29 is 9.36 Å². The lowest BCUT2D eigenvalue weighted by Crippen LogP contribution is -2.39. The van der Waals surface area contributed by atoms with Gasteiger partial charge in [0, 0.05) is 5.69 Å². The van der Waals surface area contributed by atoms with Crippen molar-refractivity contribution in [2.24, 2.45) is 0 Å². The molecule has 27 heavy (non-hydrogen) atoms. The smallest absolute Gasteiger partial charge is 0.266 e. The van der Waals surface area contributed by atoms with Crippen LogP contribution in [-0.4, -0.2) is 10.5 Å². The van der Waals surface area contributed by atoms with Crippen molar-refractivity contribution in [2.75, 3.05) is 5.32 Å². The summed E-state index contributed by atoms with van der Waals surface area (Å²) in [6, 6.07) is 14.3. The van der Waals surface area contributed by atoms with Crippen molar-refractivity contribution in [1.82, 2.24) is 4.57 Å². The van der Waals surface area contributed by atoms with Gasteiger partial charge in [-0.3, -0.25) is 4.79 Å². The molecule has 0 aliphatic carbocycles. The Balaban J connectivity index is 1.93. The summed E-state index contributed by atoms with van der Waals surface area (Å²) in [5, 5.41) is 3.19. The molecule has 1 N–H and O–H groups in total. The average molecular weight is 362 g/mol. The molecule has 0 bridgehead atoms. The Morgan fingerprint density at radius 1 is 1.07 bits per heavy atom. The highest BCUT2D eigenvalue weighted by Gasteiger charge is 2.19. The number of hydrogen-bond donors (Lipinski definition) is 1. The first kappa shape index (κ1) is 18.9. The maximum absolute atomic E-state index is 12.9. The summed E-state index contributed by atoms with van der Waals surface area (Å²) >= 11 is 0. The Bertz CT molecular complexity index is 956. The van der Waals surface area contributed by atoms with E-state index in [-0.39, 0.29) is 12.5 Å². The third-order valence-electron chi connectivity index (χ3n) is 4.88. The fourth-order valence-corrected chi connectivity index (χ4v) is 3.50. The number of para-hydroxylation sites is 3. The highest BCUT2D eigenvalue weighted by atomic mass is 16.1. The molecule has 1 amide bonds. The van der Waals surface area contributed by atoms with Crippen LogP contribution >= 0.6 is 0 Å². The zero-order chi connectivity index (χ0) is 19.6. The first-order valence-electron chi connectivity index (χ1n) is 9.46. The maximum atomic E-state index is 12.9. The Labute approximate surface area is 161 Å². The number of nitrogens with one attached hydrogen (secondary N) is 1. The van der Waals surface area contributed by atoms with Crippen LogP contribution < -0.4 is 9.88 Å². The molecule has 0 saturated heterocycles. The molecule has 3 aromatic rings. The minimum absolute atomic E-state index is 0.0260. The topological polar surface area (TPSA) is 37.9 Å². The van der Waals surface area contributed by atoms with E-state index in [9.17, 15) is 4.79 Å². The van der Waals surface area contributed by atoms with Gasteiger partial charge in [0.25, 0.3) is 5.91 Å². The highest BCUT2D eigenvalue weighted by molar-refractivity contribution is 5.92. The van der Waals surface area contributed by atoms with Crippen LogP contribution in [0.2, 0.25) is 0 Å². The number of hydrogen-bond acceptors (Lipinski definition) is 1. The van der Waals surface area contributed by atoms with Gasteiger partial charge < -0.3 is 5.32 Å². The van der Waals surface area contributed by atoms with Crippen LogP contribution in [0.15, 0.2) is 55.4 Å². The van der Waals surface area contributed by atoms with E-state index in [1.165, 1.54) is 11.1 Å². The molecular weight excluding hydrogens is 334 g/mol. The van der Waals surface area contributed by atoms with E-state index >= 15 is 0 Å². The normalized spacial score (nSPS) is 11.3. The zero-order valence-electron chi connectivity index (χ0n) is 16.6. The number of fused-ring (bicyclic) bond motifs is 1. The first-order chi connectivity index (χ1) is 12.9. The van der Waals surface area contributed by atoms with Crippen molar-refractivity contribution >= 4 is 28.8 Å². The molecule has 0 saturated carbocycles. The molecule has 4 nitrogen and oxygen atoms in total. The monoisotopic (exact) mass is 362 g/mol. The molecule has 0 spiro atoms. The van der Waals surface area contributed by atoms with E-state index in [2.05, 4.69) is 57.8 Å². The van der Waals surface area contributed by atoms with E-state index < -0.39 is 0 Å². The molecule has 0 aliphatic heterocycles. The second kappa shape index (κ2) is 7.78. The Hall–Kier alpha value is -2.88. The van der Waals surface area contributed by atoms with Crippen LogP contribution in [0.3, 0.4) is 0 Å². The predicted octanol–water partition coefficient (Wildman–Crippen LogP) is 4.91. The summed E-state index contributed by atoms with van der Waals surface area (Å²) in [5.74, 6) is 0.658. The lowest BCUT2D eigenvalue weighted by Gasteiger charge is -2.19. The molecule has 3 rings (SSSR count). The summed E-state index contributed by atoms with van der Waals surface area (Å²) in [5.41, 5.74) is 5.35. The molecule has 4 heteroatoms. The lowest BCUT2D eigenvalue weighted by atomic mass is 9.92. The van der Waals surface area contributed by atoms with Crippen LogP contribution in [0.4, 0.5) is 5.69 Å². The summed E-state index contributed by atoms with van der Waals surface area (Å²) in [6.07, 6.45) is 3.66. The number of imidazole rings is 1. The average Bonchev–Trinajstić information content (AvgIpc) is 2.99. The standard InChI is InChI=1S/C23H27N3O/c1-6-25-15-26(21-13-8-7-12-20(21)25)14-22(27)24-23-18(16(2)3)10-9-11-19(23)17(4)5/h6-13,15-17H,1,14H2,2-5H3/p+1. The number of carbonyl (C=O) groups is 1. The predicted molar refractivity (Wildman–Crippen MR) is 112 cm³/mol. The molecule has 140 valence electrons. The number of carbonyl (C=O) groups excluding carboxylic acids is 1. The number of rotatable bonds is 6. The summed E-state index contributed by atoms with van der Waals surface area (Å²) in [6.45, 7) is 12.7. The van der Waals surface area contributed by atoms with Crippen LogP contribution in [-0.2, 0) is 11.3 Å². The van der Waals surface area contributed by atoms with Gasteiger partial charge in [-0.15, -0.1) is 0 Å². The van der Waals surface area contributed by atoms with Gasteiger partial charge in [-0.25, -0.2) is 9.13 Å². The molecule has 1 aromatic heterocycles. The Morgan fingerprint density at radius 3 is 2.30 bits per heavy atom. The van der Waals surface area contributed by atoms with Gasteiger partial charge in [-0.2, -0.15) is 0 Å². The minimum Gasteiger partial charge on any atom is -0.322 e. The molecule has 0 radical (unpaired) electrons. The Kier molecular flexibility index (Phi) is 5.45. The molecule has 0 unspecified atom stereocenters. The fourth-order valence-electron chi connectivity index (χ4n) is 3.50. The molecule has 1 heterocycles. The number of benzene rings is 2. The molecular formula is C23H28N3O+. The van der Waals surface area contributed by atoms with Gasteiger partial charge in [0.1, 0.15) is 0 Å². The van der Waals surface area contributed by atoms with Crippen molar-refractivity contribution in [3.63, 3.8) is 0 Å². The van der Waals surface area contributed by atoms with Gasteiger partial charge in [-0.1, -0.05) is 64.6 Å². The third-order valence-corrected chi connectivity index (χ3v) is 4.88. The second-order valence-corrected chi connectivity index (χ2v) is 7.49.